The second-order valence-electron chi connectivity index (χ2n) is 8.85. The molecule has 0 bridgehead atoms. The number of nitrogens with one attached hydrogen (secondary N) is 1. The fourth-order valence-corrected chi connectivity index (χ4v) is 4.74. The topological polar surface area (TPSA) is 91.3 Å². The maximum Gasteiger partial charge on any atom is 0.244 e. The van der Waals surface area contributed by atoms with Crippen LogP contribution in [-0.4, -0.2) is 52.4 Å². The predicted molar refractivity (Wildman–Crippen MR) is 116 cm³/mol. The molecular weight excluding hydrogens is 406 g/mol. The highest BCUT2D eigenvalue weighted by atomic mass is 35.5. The third-order valence-electron chi connectivity index (χ3n) is 6.09. The number of carbonyl (C=O) groups is 1. The Bertz CT molecular complexity index is 720. The summed E-state index contributed by atoms with van der Waals surface area (Å²) in [7, 11) is 0. The summed E-state index contributed by atoms with van der Waals surface area (Å²) >= 11 is 6.10. The quantitative estimate of drug-likeness (QED) is 0.222. The molecule has 7 atom stereocenters. The first kappa shape index (κ1) is 23.5. The Balaban J connectivity index is 1.50. The van der Waals surface area contributed by atoms with Crippen LogP contribution in [0.5, 0.6) is 0 Å². The fourth-order valence-electron chi connectivity index (χ4n) is 4.43. The van der Waals surface area contributed by atoms with Crippen molar-refractivity contribution >= 4 is 17.5 Å². The highest BCUT2D eigenvalue weighted by Gasteiger charge is 2.65. The van der Waals surface area contributed by atoms with E-state index in [9.17, 15) is 15.0 Å². The summed E-state index contributed by atoms with van der Waals surface area (Å²) in [5.41, 5.74) is 0.128. The van der Waals surface area contributed by atoms with E-state index in [1.807, 2.05) is 6.92 Å². The van der Waals surface area contributed by atoms with Crippen LogP contribution < -0.4 is 5.32 Å². The molecule has 3 rings (SSSR count). The van der Waals surface area contributed by atoms with Crippen molar-refractivity contribution in [1.82, 2.24) is 5.32 Å². The number of carbonyl (C=O) groups excluding carboxylic acids is 1. The molecule has 0 aromatic rings. The number of rotatable bonds is 9. The largest absolute Gasteiger partial charge is 0.385 e. The SMILES string of the molecule is CCCCCC[C@@H](C)/C=C(C)/C=C/C(=O)N[C@H]1C[C@@]2(C=C(Cl)[C@@H](O)[C@H]3O[C@H]32)O[C@@H]1O. The lowest BCUT2D eigenvalue weighted by molar-refractivity contribution is -0.137. The van der Waals surface area contributed by atoms with Gasteiger partial charge in [0.2, 0.25) is 5.91 Å². The van der Waals surface area contributed by atoms with Crippen molar-refractivity contribution < 1.29 is 24.5 Å². The van der Waals surface area contributed by atoms with Gasteiger partial charge < -0.3 is 25.0 Å². The van der Waals surface area contributed by atoms with Gasteiger partial charge in [0.15, 0.2) is 6.29 Å². The van der Waals surface area contributed by atoms with Gasteiger partial charge in [0, 0.05) is 17.5 Å². The van der Waals surface area contributed by atoms with Crippen LogP contribution >= 0.6 is 11.6 Å². The lowest BCUT2D eigenvalue weighted by Gasteiger charge is -2.27. The summed E-state index contributed by atoms with van der Waals surface area (Å²) in [5.74, 6) is 0.186. The number of fused-ring (bicyclic) bond motifs is 2. The third kappa shape index (κ3) is 5.54. The van der Waals surface area contributed by atoms with Gasteiger partial charge in [-0.2, -0.15) is 0 Å². The van der Waals surface area contributed by atoms with Crippen LogP contribution in [0.3, 0.4) is 0 Å². The van der Waals surface area contributed by atoms with E-state index in [4.69, 9.17) is 21.1 Å². The van der Waals surface area contributed by atoms with Crippen LogP contribution in [0.2, 0.25) is 0 Å². The summed E-state index contributed by atoms with van der Waals surface area (Å²) < 4.78 is 11.2. The Morgan fingerprint density at radius 1 is 1.37 bits per heavy atom. The molecular formula is C23H34ClNO5. The highest BCUT2D eigenvalue weighted by Crippen LogP contribution is 2.50. The molecule has 3 aliphatic rings. The number of aliphatic hydroxyl groups is 2. The van der Waals surface area contributed by atoms with E-state index in [-0.39, 0.29) is 17.0 Å². The Labute approximate surface area is 184 Å². The molecule has 1 aliphatic carbocycles. The first-order chi connectivity index (χ1) is 14.3. The summed E-state index contributed by atoms with van der Waals surface area (Å²) in [6.07, 6.45) is 10.8. The third-order valence-corrected chi connectivity index (χ3v) is 6.42. The predicted octanol–water partition coefficient (Wildman–Crippen LogP) is 3.32. The Kier molecular flexibility index (Phi) is 7.80. The van der Waals surface area contributed by atoms with E-state index in [1.54, 1.807) is 12.2 Å². The zero-order chi connectivity index (χ0) is 21.9. The molecule has 30 heavy (non-hydrogen) atoms. The summed E-state index contributed by atoms with van der Waals surface area (Å²) in [6, 6.07) is -0.579. The average molecular weight is 440 g/mol. The molecule has 2 aliphatic heterocycles. The molecule has 168 valence electrons. The molecule has 7 heteroatoms. The Morgan fingerprint density at radius 2 is 2.13 bits per heavy atom. The van der Waals surface area contributed by atoms with Crippen LogP contribution in [0, 0.1) is 5.92 Å². The van der Waals surface area contributed by atoms with Gasteiger partial charge in [-0.15, -0.1) is 0 Å². The monoisotopic (exact) mass is 439 g/mol. The number of ether oxygens (including phenoxy) is 2. The van der Waals surface area contributed by atoms with Gasteiger partial charge in [-0.1, -0.05) is 68.9 Å². The number of aliphatic hydroxyl groups excluding tert-OH is 2. The minimum atomic E-state index is -1.16. The second kappa shape index (κ2) is 9.96. The molecule has 2 saturated heterocycles. The number of allylic oxidation sites excluding steroid dienone is 3. The van der Waals surface area contributed by atoms with Gasteiger partial charge >= 0.3 is 0 Å². The molecule has 1 amide bonds. The number of halogens is 1. The van der Waals surface area contributed by atoms with Gasteiger partial charge in [-0.3, -0.25) is 4.79 Å². The molecule has 1 spiro atoms. The van der Waals surface area contributed by atoms with Gasteiger partial charge in [-0.05, 0) is 25.3 Å². The lowest BCUT2D eigenvalue weighted by Crippen LogP contribution is -2.42. The van der Waals surface area contributed by atoms with E-state index in [1.165, 1.54) is 31.8 Å². The molecule has 6 nitrogen and oxygen atoms in total. The van der Waals surface area contributed by atoms with E-state index in [2.05, 4.69) is 25.2 Å². The zero-order valence-corrected chi connectivity index (χ0v) is 18.8. The van der Waals surface area contributed by atoms with Crippen molar-refractivity contribution in [2.45, 2.75) is 95.5 Å². The van der Waals surface area contributed by atoms with Crippen molar-refractivity contribution in [3.8, 4) is 0 Å². The molecule has 0 aromatic heterocycles. The van der Waals surface area contributed by atoms with Gasteiger partial charge in [0.05, 0.1) is 6.04 Å². The number of unbranched alkanes of at least 4 members (excludes halogenated alkanes) is 3. The van der Waals surface area contributed by atoms with Crippen LogP contribution in [0.4, 0.5) is 0 Å². The minimum absolute atomic E-state index is 0.248. The van der Waals surface area contributed by atoms with Gasteiger partial charge in [0.1, 0.15) is 23.9 Å². The minimum Gasteiger partial charge on any atom is -0.385 e. The molecule has 0 unspecified atom stereocenters. The number of hydrogen-bond donors (Lipinski definition) is 3. The van der Waals surface area contributed by atoms with E-state index in [0.29, 0.717) is 12.3 Å². The summed E-state index contributed by atoms with van der Waals surface area (Å²) in [6.45, 7) is 6.39. The smallest absolute Gasteiger partial charge is 0.244 e. The van der Waals surface area contributed by atoms with E-state index < -0.39 is 30.1 Å². The van der Waals surface area contributed by atoms with Crippen molar-refractivity contribution in [3.05, 3.63) is 34.9 Å². The van der Waals surface area contributed by atoms with Crippen LogP contribution in [0.1, 0.15) is 59.3 Å². The molecule has 2 fully saturated rings. The van der Waals surface area contributed by atoms with Crippen LogP contribution in [0.15, 0.2) is 34.9 Å². The van der Waals surface area contributed by atoms with Crippen molar-refractivity contribution in [1.29, 1.82) is 0 Å². The fraction of sp³-hybridized carbons (Fsp3) is 0.696. The maximum atomic E-state index is 12.4. The zero-order valence-electron chi connectivity index (χ0n) is 18.0. The number of amides is 1. The summed E-state index contributed by atoms with van der Waals surface area (Å²) in [5, 5.41) is 23.3. The molecule has 0 saturated carbocycles. The van der Waals surface area contributed by atoms with Crippen molar-refractivity contribution in [2.75, 3.05) is 0 Å². The standard InChI is InChI=1S/C23H34ClNO5/c1-4-5-6-7-8-14(2)11-15(3)9-10-18(26)25-17-13-23(30-22(17)28)12-16(24)19(27)20-21(23)29-20/h9-12,14,17,19-22,27-28H,4-8,13H2,1-3H3,(H,25,26)/b10-9+,15-11+/t14-,17+,19-,20-,21-,22+,23-/m1/s1. The summed E-state index contributed by atoms with van der Waals surface area (Å²) in [4.78, 5) is 12.4. The van der Waals surface area contributed by atoms with Crippen LogP contribution in [-0.2, 0) is 14.3 Å². The molecule has 3 N–H and O–H groups in total. The van der Waals surface area contributed by atoms with E-state index in [0.717, 1.165) is 12.0 Å². The normalized spacial score (nSPS) is 36.7. The molecule has 2 heterocycles. The average Bonchev–Trinajstić information content (AvgIpc) is 3.44. The Hall–Kier alpha value is -1.18. The van der Waals surface area contributed by atoms with Gasteiger partial charge in [-0.25, -0.2) is 0 Å². The highest BCUT2D eigenvalue weighted by molar-refractivity contribution is 6.30. The van der Waals surface area contributed by atoms with Crippen molar-refractivity contribution in [2.24, 2.45) is 5.92 Å². The molecule has 0 radical (unpaired) electrons. The van der Waals surface area contributed by atoms with Crippen LogP contribution in [0.25, 0.3) is 0 Å². The first-order valence-electron chi connectivity index (χ1n) is 11.0. The maximum absolute atomic E-state index is 12.4. The van der Waals surface area contributed by atoms with Gasteiger partial charge in [0.25, 0.3) is 0 Å². The molecule has 0 aromatic carbocycles. The van der Waals surface area contributed by atoms with Crippen molar-refractivity contribution in [3.63, 3.8) is 0 Å². The number of hydrogen-bond acceptors (Lipinski definition) is 5. The van der Waals surface area contributed by atoms with E-state index >= 15 is 0 Å². The number of epoxide rings is 1. The lowest BCUT2D eigenvalue weighted by atomic mass is 9.86. The first-order valence-corrected chi connectivity index (χ1v) is 11.4. The second-order valence-corrected chi connectivity index (χ2v) is 9.29. The Morgan fingerprint density at radius 3 is 2.87 bits per heavy atom.